The van der Waals surface area contributed by atoms with E-state index in [2.05, 4.69) is 17.3 Å². The number of benzene rings is 1. The van der Waals surface area contributed by atoms with Crippen molar-refractivity contribution in [2.24, 2.45) is 5.92 Å². The molecular formula is C28H37N2O4+. The molecule has 0 spiro atoms. The number of fused-ring (bicyclic) bond motifs is 3. The zero-order valence-electron chi connectivity index (χ0n) is 20.3. The highest BCUT2D eigenvalue weighted by molar-refractivity contribution is 5.83. The maximum atomic E-state index is 13.9. The first-order chi connectivity index (χ1) is 16.5. The quantitative estimate of drug-likeness (QED) is 0.341. The van der Waals surface area contributed by atoms with Gasteiger partial charge in [-0.2, -0.15) is 0 Å². The Morgan fingerprint density at radius 2 is 1.79 bits per heavy atom. The first-order valence-corrected chi connectivity index (χ1v) is 13.0. The van der Waals surface area contributed by atoms with Gasteiger partial charge in [0.1, 0.15) is 18.8 Å². The van der Waals surface area contributed by atoms with Crippen molar-refractivity contribution in [3.05, 3.63) is 53.4 Å². The van der Waals surface area contributed by atoms with E-state index in [0.29, 0.717) is 24.6 Å². The minimum absolute atomic E-state index is 0.0399. The minimum atomic E-state index is -0.532. The highest BCUT2D eigenvalue weighted by Crippen LogP contribution is 2.42. The number of aromatic nitrogens is 1. The predicted molar refractivity (Wildman–Crippen MR) is 128 cm³/mol. The van der Waals surface area contributed by atoms with E-state index in [-0.39, 0.29) is 17.9 Å². The van der Waals surface area contributed by atoms with E-state index in [9.17, 15) is 9.59 Å². The molecule has 1 aromatic heterocycles. The molecule has 1 aromatic carbocycles. The molecule has 3 aliphatic heterocycles. The van der Waals surface area contributed by atoms with Crippen molar-refractivity contribution in [3.8, 4) is 0 Å². The monoisotopic (exact) mass is 465 g/mol. The predicted octanol–water partition coefficient (Wildman–Crippen LogP) is 4.54. The highest BCUT2D eigenvalue weighted by Gasteiger charge is 2.50. The van der Waals surface area contributed by atoms with E-state index < -0.39 is 5.41 Å². The number of ketones is 1. The molecule has 6 heteroatoms. The normalized spacial score (nSPS) is 28.3. The van der Waals surface area contributed by atoms with Crippen LogP contribution in [0.15, 0.2) is 40.9 Å². The van der Waals surface area contributed by atoms with Crippen LogP contribution in [0.25, 0.3) is 0 Å². The molecule has 1 aliphatic carbocycles. The Kier molecular flexibility index (Phi) is 6.61. The summed E-state index contributed by atoms with van der Waals surface area (Å²) in [5.74, 6) is 1.28. The van der Waals surface area contributed by atoms with Crippen molar-refractivity contribution in [3.63, 3.8) is 0 Å². The number of piperidine rings is 3. The summed E-state index contributed by atoms with van der Waals surface area (Å²) in [6.45, 7) is 5.06. The number of carbonyl (C=O) groups is 2. The van der Waals surface area contributed by atoms with Gasteiger partial charge < -0.3 is 13.7 Å². The first-order valence-electron chi connectivity index (χ1n) is 13.0. The van der Waals surface area contributed by atoms with Crippen molar-refractivity contribution < 1.29 is 23.3 Å². The topological polar surface area (TPSA) is 69.4 Å². The van der Waals surface area contributed by atoms with Gasteiger partial charge in [-0.05, 0) is 25.3 Å². The Bertz CT molecular complexity index is 998. The lowest BCUT2D eigenvalue weighted by molar-refractivity contribution is -0.939. The molecule has 6 nitrogen and oxygen atoms in total. The second kappa shape index (κ2) is 9.65. The Hall–Kier alpha value is -2.47. The van der Waals surface area contributed by atoms with Crippen LogP contribution in [0.4, 0.5) is 0 Å². The lowest BCUT2D eigenvalue weighted by Crippen LogP contribution is -2.66. The summed E-state index contributed by atoms with van der Waals surface area (Å²) in [5, 5.41) is 3.99. The molecule has 0 N–H and O–H groups in total. The van der Waals surface area contributed by atoms with E-state index in [4.69, 9.17) is 9.26 Å². The summed E-state index contributed by atoms with van der Waals surface area (Å²) in [4.78, 5) is 26.8. The van der Waals surface area contributed by atoms with E-state index in [1.807, 2.05) is 31.2 Å². The summed E-state index contributed by atoms with van der Waals surface area (Å²) >= 11 is 0. The SMILES string of the molecule is Cc1cc(CC(=O)C[N+]23CCC(CC2)[C@@H](OC(=O)C2(c4ccccc4)CCCCCC2)C3)no1. The van der Waals surface area contributed by atoms with Gasteiger partial charge in [0.2, 0.25) is 0 Å². The number of hydrogen-bond donors (Lipinski definition) is 0. The molecule has 34 heavy (non-hydrogen) atoms. The van der Waals surface area contributed by atoms with Crippen molar-refractivity contribution in [2.45, 2.75) is 76.2 Å². The lowest BCUT2D eigenvalue weighted by Gasteiger charge is -2.52. The zero-order valence-corrected chi connectivity index (χ0v) is 20.3. The molecule has 2 aromatic rings. The molecule has 4 heterocycles. The van der Waals surface area contributed by atoms with Crippen molar-refractivity contribution in [1.82, 2.24) is 5.16 Å². The van der Waals surface area contributed by atoms with E-state index in [1.165, 1.54) is 12.8 Å². The van der Waals surface area contributed by atoms with Gasteiger partial charge >= 0.3 is 5.97 Å². The number of esters is 1. The van der Waals surface area contributed by atoms with Crippen molar-refractivity contribution in [2.75, 3.05) is 26.2 Å². The van der Waals surface area contributed by atoms with Gasteiger partial charge in [0.15, 0.2) is 11.9 Å². The van der Waals surface area contributed by atoms with Crippen LogP contribution in [0.5, 0.6) is 0 Å². The fourth-order valence-corrected chi connectivity index (χ4v) is 6.66. The average Bonchev–Trinajstić information content (AvgIpc) is 3.09. The van der Waals surface area contributed by atoms with Crippen LogP contribution in [0, 0.1) is 12.8 Å². The van der Waals surface area contributed by atoms with Crippen molar-refractivity contribution >= 4 is 11.8 Å². The standard InChI is InChI=1S/C28H37N2O4/c1-21-17-24(29-34-21)18-25(31)19-30-15-11-22(12-16-30)26(20-30)33-27(32)28(13-7-2-3-8-14-28)23-9-5-4-6-10-23/h4-6,9-10,17,22,26H,2-3,7-8,11-16,18-20H2,1H3/q+1/t22?,26-,30?/m0/s1. The van der Waals surface area contributed by atoms with E-state index in [1.54, 1.807) is 0 Å². The van der Waals surface area contributed by atoms with Crippen LogP contribution in [-0.2, 0) is 26.2 Å². The van der Waals surface area contributed by atoms with Gasteiger partial charge in [0.05, 0.1) is 30.6 Å². The summed E-state index contributed by atoms with van der Waals surface area (Å²) in [6, 6.07) is 12.1. The van der Waals surface area contributed by atoms with Gasteiger partial charge in [-0.3, -0.25) is 9.59 Å². The lowest BCUT2D eigenvalue weighted by atomic mass is 9.74. The molecule has 182 valence electrons. The number of hydrogen-bond acceptors (Lipinski definition) is 5. The summed E-state index contributed by atoms with van der Waals surface area (Å²) in [5.41, 5.74) is 1.27. The molecular weight excluding hydrogens is 428 g/mol. The van der Waals surface area contributed by atoms with Crippen LogP contribution in [0.1, 0.15) is 68.4 Å². The molecule has 1 saturated carbocycles. The number of aryl methyl sites for hydroxylation is 1. The third-order valence-electron chi connectivity index (χ3n) is 8.54. The van der Waals surface area contributed by atoms with Crippen LogP contribution in [0.2, 0.25) is 0 Å². The van der Waals surface area contributed by atoms with Crippen LogP contribution >= 0.6 is 0 Å². The molecule has 3 saturated heterocycles. The first kappa shape index (κ1) is 23.3. The summed E-state index contributed by atoms with van der Waals surface area (Å²) < 4.78 is 12.3. The smallest absolute Gasteiger partial charge is 0.317 e. The second-order valence-electron chi connectivity index (χ2n) is 10.9. The third-order valence-corrected chi connectivity index (χ3v) is 8.54. The molecule has 0 unspecified atom stereocenters. The summed E-state index contributed by atoms with van der Waals surface area (Å²) in [7, 11) is 0. The highest BCUT2D eigenvalue weighted by atomic mass is 16.5. The molecule has 2 bridgehead atoms. The maximum Gasteiger partial charge on any atom is 0.317 e. The molecule has 0 radical (unpaired) electrons. The Morgan fingerprint density at radius 1 is 1.09 bits per heavy atom. The minimum Gasteiger partial charge on any atom is -0.455 e. The number of ether oxygens (including phenoxy) is 1. The number of rotatable bonds is 7. The van der Waals surface area contributed by atoms with Gasteiger partial charge in [0, 0.05) is 24.8 Å². The number of carbonyl (C=O) groups excluding carboxylic acids is 2. The molecule has 4 aliphatic rings. The maximum absolute atomic E-state index is 13.9. The Balaban J connectivity index is 1.30. The Labute approximate surface area is 202 Å². The van der Waals surface area contributed by atoms with E-state index >= 15 is 0 Å². The zero-order chi connectivity index (χ0) is 23.6. The van der Waals surface area contributed by atoms with Gasteiger partial charge in [0.25, 0.3) is 0 Å². The third kappa shape index (κ3) is 4.70. The molecule has 6 rings (SSSR count). The molecule has 1 atom stereocenters. The fourth-order valence-electron chi connectivity index (χ4n) is 6.66. The second-order valence-corrected chi connectivity index (χ2v) is 10.9. The Morgan fingerprint density at radius 3 is 2.44 bits per heavy atom. The van der Waals surface area contributed by atoms with Gasteiger partial charge in [-0.15, -0.1) is 0 Å². The van der Waals surface area contributed by atoms with Crippen LogP contribution in [0.3, 0.4) is 0 Å². The largest absolute Gasteiger partial charge is 0.455 e. The van der Waals surface area contributed by atoms with E-state index in [0.717, 1.165) is 74.0 Å². The number of quaternary nitrogens is 1. The van der Waals surface area contributed by atoms with Crippen molar-refractivity contribution in [1.29, 1.82) is 0 Å². The number of Topliss-reactive ketones (excluding diaryl/α,β-unsaturated/α-hetero) is 1. The van der Waals surface area contributed by atoms with Gasteiger partial charge in [-0.1, -0.05) is 61.2 Å². The average molecular weight is 466 g/mol. The van der Waals surface area contributed by atoms with Gasteiger partial charge in [-0.25, -0.2) is 0 Å². The molecule has 4 fully saturated rings. The number of nitrogens with zero attached hydrogens (tertiary/aromatic N) is 2. The molecule has 0 amide bonds. The summed E-state index contributed by atoms with van der Waals surface area (Å²) in [6.07, 6.45) is 8.47. The van der Waals surface area contributed by atoms with Crippen LogP contribution in [-0.4, -0.2) is 53.7 Å². The fraction of sp³-hybridized carbons (Fsp3) is 0.607. The van der Waals surface area contributed by atoms with Crippen LogP contribution < -0.4 is 0 Å².